The second-order valence-corrected chi connectivity index (χ2v) is 12.5. The zero-order valence-corrected chi connectivity index (χ0v) is 24.3. The molecule has 0 fully saturated rings. The zero-order chi connectivity index (χ0) is 28.5. The Balaban J connectivity index is 1.35. The minimum atomic E-state index is -0.337. The molecular weight excluding hydrogens is 506 g/mol. The largest absolute Gasteiger partial charge is 0.336 e. The van der Waals surface area contributed by atoms with Gasteiger partial charge in [0, 0.05) is 16.9 Å². The Morgan fingerprint density at radius 2 is 0.833 bits per heavy atom. The Hall–Kier alpha value is -4.88. The molecule has 0 saturated carbocycles. The maximum atomic E-state index is 2.49. The van der Waals surface area contributed by atoms with Crippen LogP contribution >= 0.6 is 0 Å². The highest BCUT2D eigenvalue weighted by Crippen LogP contribution is 2.63. The fourth-order valence-electron chi connectivity index (χ4n) is 7.58. The third-order valence-electron chi connectivity index (χ3n) is 9.14. The number of fused-ring (bicyclic) bond motifs is 10. The minimum absolute atomic E-state index is 0.132. The van der Waals surface area contributed by atoms with Crippen LogP contribution in [0.1, 0.15) is 43.0 Å². The van der Waals surface area contributed by atoms with Crippen molar-refractivity contribution in [2.24, 2.45) is 0 Å². The molecule has 0 radical (unpaired) electrons. The highest BCUT2D eigenvalue weighted by atomic mass is 15.2. The van der Waals surface area contributed by atoms with E-state index < -0.39 is 0 Å². The van der Waals surface area contributed by atoms with Crippen molar-refractivity contribution >= 4 is 11.4 Å². The normalized spacial score (nSPS) is 13.8. The molecule has 0 aliphatic heterocycles. The molecule has 0 N–H and O–H groups in total. The lowest BCUT2D eigenvalue weighted by Gasteiger charge is -2.39. The summed E-state index contributed by atoms with van der Waals surface area (Å²) in [7, 11) is 0. The number of benzene rings is 6. The average molecular weight is 540 g/mol. The van der Waals surface area contributed by atoms with E-state index in [-0.39, 0.29) is 11.0 Å². The smallest absolute Gasteiger partial charge is 0.0726 e. The third kappa shape index (κ3) is 3.43. The predicted molar refractivity (Wildman–Crippen MR) is 177 cm³/mol. The van der Waals surface area contributed by atoms with Crippen molar-refractivity contribution < 1.29 is 0 Å². The van der Waals surface area contributed by atoms with Crippen molar-refractivity contribution in [1.82, 2.24) is 0 Å². The summed E-state index contributed by atoms with van der Waals surface area (Å²) < 4.78 is 0. The predicted octanol–water partition coefficient (Wildman–Crippen LogP) is 10.6. The lowest BCUT2D eigenvalue weighted by atomic mass is 9.70. The number of rotatable bonds is 3. The first-order valence-electron chi connectivity index (χ1n) is 14.9. The summed E-state index contributed by atoms with van der Waals surface area (Å²) in [5, 5.41) is 0. The van der Waals surface area contributed by atoms with Gasteiger partial charge in [0.1, 0.15) is 0 Å². The highest BCUT2D eigenvalue weighted by molar-refractivity contribution is 5.95. The molecule has 0 heterocycles. The Kier molecular flexibility index (Phi) is 5.37. The van der Waals surface area contributed by atoms with Crippen LogP contribution in [-0.4, -0.2) is 5.54 Å². The van der Waals surface area contributed by atoms with Crippen LogP contribution in [0.2, 0.25) is 0 Å². The first-order valence-corrected chi connectivity index (χ1v) is 14.9. The van der Waals surface area contributed by atoms with E-state index in [0.717, 1.165) is 0 Å². The van der Waals surface area contributed by atoms with Crippen molar-refractivity contribution in [3.63, 3.8) is 0 Å². The Morgan fingerprint density at radius 3 is 1.36 bits per heavy atom. The van der Waals surface area contributed by atoms with E-state index >= 15 is 0 Å². The summed E-state index contributed by atoms with van der Waals surface area (Å²) in [5.74, 6) is 0. The molecule has 42 heavy (non-hydrogen) atoms. The van der Waals surface area contributed by atoms with Crippen LogP contribution in [0.15, 0.2) is 146 Å². The zero-order valence-electron chi connectivity index (χ0n) is 24.3. The van der Waals surface area contributed by atoms with Gasteiger partial charge in [-0.1, -0.05) is 121 Å². The lowest BCUT2D eigenvalue weighted by Crippen LogP contribution is -2.37. The van der Waals surface area contributed by atoms with E-state index in [9.17, 15) is 0 Å². The van der Waals surface area contributed by atoms with Gasteiger partial charge in [-0.25, -0.2) is 0 Å². The second kappa shape index (κ2) is 9.06. The fourth-order valence-corrected chi connectivity index (χ4v) is 7.58. The van der Waals surface area contributed by atoms with Crippen molar-refractivity contribution in [3.05, 3.63) is 168 Å². The molecule has 0 unspecified atom stereocenters. The van der Waals surface area contributed by atoms with Crippen LogP contribution in [-0.2, 0) is 5.41 Å². The van der Waals surface area contributed by atoms with Gasteiger partial charge in [-0.05, 0) is 101 Å². The van der Waals surface area contributed by atoms with Crippen LogP contribution in [0.25, 0.3) is 33.4 Å². The summed E-state index contributed by atoms with van der Waals surface area (Å²) in [4.78, 5) is 2.49. The van der Waals surface area contributed by atoms with E-state index in [4.69, 9.17) is 0 Å². The summed E-state index contributed by atoms with van der Waals surface area (Å²) in [6.45, 7) is 6.90. The first-order chi connectivity index (χ1) is 20.5. The summed E-state index contributed by atoms with van der Waals surface area (Å²) in [6.07, 6.45) is 0. The standard InChI is InChI=1S/C41H33N/c1-40(2,3)42(30-23-21-29(22-24-30)28-13-5-4-6-14-28)31-25-26-35-34-17-9-12-20-38(34)41(39(35)27-31)36-18-10-7-15-32(36)33-16-8-11-19-37(33)41/h4-27H,1-3H3. The molecule has 6 aromatic rings. The van der Waals surface area contributed by atoms with Crippen LogP contribution < -0.4 is 4.90 Å². The van der Waals surface area contributed by atoms with E-state index in [1.807, 2.05) is 0 Å². The summed E-state index contributed by atoms with van der Waals surface area (Å²) in [5.41, 5.74) is 15.2. The molecule has 202 valence electrons. The Bertz CT molecular complexity index is 1890. The molecule has 0 bridgehead atoms. The monoisotopic (exact) mass is 539 g/mol. The first kappa shape index (κ1) is 24.9. The van der Waals surface area contributed by atoms with Crippen molar-refractivity contribution in [1.29, 1.82) is 0 Å². The van der Waals surface area contributed by atoms with E-state index in [2.05, 4.69) is 171 Å². The molecule has 0 aromatic heterocycles. The van der Waals surface area contributed by atoms with Gasteiger partial charge in [0.05, 0.1) is 5.41 Å². The topological polar surface area (TPSA) is 3.24 Å². The van der Waals surface area contributed by atoms with Gasteiger partial charge in [-0.3, -0.25) is 0 Å². The molecule has 6 aromatic carbocycles. The van der Waals surface area contributed by atoms with Crippen LogP contribution in [0.3, 0.4) is 0 Å². The molecular formula is C41H33N. The van der Waals surface area contributed by atoms with Gasteiger partial charge >= 0.3 is 0 Å². The lowest BCUT2D eigenvalue weighted by molar-refractivity contribution is 0.560. The number of anilines is 2. The third-order valence-corrected chi connectivity index (χ3v) is 9.14. The minimum Gasteiger partial charge on any atom is -0.336 e. The molecule has 2 aliphatic carbocycles. The van der Waals surface area contributed by atoms with E-state index in [0.29, 0.717) is 0 Å². The fraction of sp³-hybridized carbons (Fsp3) is 0.122. The van der Waals surface area contributed by atoms with Gasteiger partial charge in [-0.2, -0.15) is 0 Å². The molecule has 8 rings (SSSR count). The van der Waals surface area contributed by atoms with Gasteiger partial charge in [0.2, 0.25) is 0 Å². The van der Waals surface area contributed by atoms with Crippen LogP contribution in [0.5, 0.6) is 0 Å². The van der Waals surface area contributed by atoms with Crippen LogP contribution in [0.4, 0.5) is 11.4 Å². The number of hydrogen-bond donors (Lipinski definition) is 0. The summed E-state index contributed by atoms with van der Waals surface area (Å²) >= 11 is 0. The average Bonchev–Trinajstić information content (AvgIpc) is 3.48. The van der Waals surface area contributed by atoms with Crippen molar-refractivity contribution in [2.45, 2.75) is 31.7 Å². The van der Waals surface area contributed by atoms with Crippen LogP contribution in [0, 0.1) is 0 Å². The molecule has 1 spiro atoms. The molecule has 1 nitrogen and oxygen atoms in total. The van der Waals surface area contributed by atoms with Gasteiger partial charge in [-0.15, -0.1) is 0 Å². The van der Waals surface area contributed by atoms with Gasteiger partial charge in [0.15, 0.2) is 0 Å². The quantitative estimate of drug-likeness (QED) is 0.216. The maximum Gasteiger partial charge on any atom is 0.0726 e. The van der Waals surface area contributed by atoms with Crippen molar-refractivity contribution in [2.75, 3.05) is 4.90 Å². The SMILES string of the molecule is CC(C)(C)N(c1ccc(-c2ccccc2)cc1)c1ccc2c(c1)C1(c3ccccc3-c3ccccc31)c1ccccc1-2. The van der Waals surface area contributed by atoms with Gasteiger partial charge in [0.25, 0.3) is 0 Å². The molecule has 0 saturated heterocycles. The molecule has 2 aliphatic rings. The Morgan fingerprint density at radius 1 is 0.405 bits per heavy atom. The Labute approximate surface area is 248 Å². The molecule has 0 amide bonds. The van der Waals surface area contributed by atoms with Crippen molar-refractivity contribution in [3.8, 4) is 33.4 Å². The molecule has 0 atom stereocenters. The maximum absolute atomic E-state index is 2.49. The highest BCUT2D eigenvalue weighted by Gasteiger charge is 2.51. The van der Waals surface area contributed by atoms with E-state index in [1.54, 1.807) is 0 Å². The summed E-state index contributed by atoms with van der Waals surface area (Å²) in [6, 6.07) is 53.9. The molecule has 1 heteroatoms. The van der Waals surface area contributed by atoms with Gasteiger partial charge < -0.3 is 4.90 Å². The number of hydrogen-bond acceptors (Lipinski definition) is 1. The second-order valence-electron chi connectivity index (χ2n) is 12.5. The number of nitrogens with zero attached hydrogens (tertiary/aromatic N) is 1. The van der Waals surface area contributed by atoms with E-state index in [1.165, 1.54) is 67.0 Å².